The smallest absolute Gasteiger partial charge is 0.234 e. The van der Waals surface area contributed by atoms with Crippen molar-refractivity contribution in [1.29, 1.82) is 0 Å². The molecule has 1 aromatic rings. The Morgan fingerprint density at radius 2 is 2.04 bits per heavy atom. The molecule has 2 atom stereocenters. The van der Waals surface area contributed by atoms with Crippen LogP contribution in [0.25, 0.3) is 0 Å². The first-order valence-electron chi connectivity index (χ1n) is 9.47. The topological polar surface area (TPSA) is 44.8 Å². The lowest BCUT2D eigenvalue weighted by molar-refractivity contribution is -0.123. The number of hydrogen-bond acceptors (Lipinski definition) is 4. The third-order valence-electron chi connectivity index (χ3n) is 5.37. The number of rotatable bonds is 8. The number of piperazine rings is 1. The van der Waals surface area contributed by atoms with E-state index in [2.05, 4.69) is 46.3 Å². The molecule has 1 aromatic carbocycles. The van der Waals surface area contributed by atoms with E-state index in [1.165, 1.54) is 18.4 Å². The lowest BCUT2D eigenvalue weighted by Crippen LogP contribution is -2.54. The Kier molecular flexibility index (Phi) is 6.45. The summed E-state index contributed by atoms with van der Waals surface area (Å²) in [5.41, 5.74) is 1.23. The van der Waals surface area contributed by atoms with Crippen molar-refractivity contribution in [2.45, 2.75) is 31.8 Å². The van der Waals surface area contributed by atoms with Gasteiger partial charge in [0.15, 0.2) is 0 Å². The fraction of sp³-hybridized carbons (Fsp3) is 0.650. The number of nitrogens with zero attached hydrogens (tertiary/aromatic N) is 2. The minimum absolute atomic E-state index is 0.151. The summed E-state index contributed by atoms with van der Waals surface area (Å²) in [6, 6.07) is 11.0. The van der Waals surface area contributed by atoms with E-state index in [9.17, 15) is 4.79 Å². The highest BCUT2D eigenvalue weighted by molar-refractivity contribution is 5.78. The fourth-order valence-electron chi connectivity index (χ4n) is 3.74. The number of amides is 1. The van der Waals surface area contributed by atoms with E-state index in [1.54, 1.807) is 7.11 Å². The van der Waals surface area contributed by atoms with Crippen molar-refractivity contribution in [3.8, 4) is 0 Å². The molecule has 2 aliphatic rings. The Balaban J connectivity index is 1.49. The molecule has 0 bridgehead atoms. The number of carbonyl (C=O) groups excluding carboxylic acids is 1. The van der Waals surface area contributed by atoms with Gasteiger partial charge in [-0.15, -0.1) is 0 Å². The lowest BCUT2D eigenvalue weighted by Gasteiger charge is -2.39. The monoisotopic (exact) mass is 345 g/mol. The van der Waals surface area contributed by atoms with E-state index in [4.69, 9.17) is 4.74 Å². The van der Waals surface area contributed by atoms with Crippen molar-refractivity contribution < 1.29 is 9.53 Å². The SMILES string of the molecule is COCCN1CCN(CC(=O)N[C@@H](c2ccccc2)C2CC2)C[C@@H]1C. The predicted molar refractivity (Wildman–Crippen MR) is 99.4 cm³/mol. The van der Waals surface area contributed by atoms with Gasteiger partial charge in [0.05, 0.1) is 19.2 Å². The summed E-state index contributed by atoms with van der Waals surface area (Å²) < 4.78 is 5.18. The number of methoxy groups -OCH3 is 1. The maximum absolute atomic E-state index is 12.6. The van der Waals surface area contributed by atoms with Crippen molar-refractivity contribution in [3.63, 3.8) is 0 Å². The van der Waals surface area contributed by atoms with Gasteiger partial charge in [0.2, 0.25) is 5.91 Å². The van der Waals surface area contributed by atoms with E-state index >= 15 is 0 Å². The van der Waals surface area contributed by atoms with Crippen molar-refractivity contribution in [2.24, 2.45) is 5.92 Å². The summed E-state index contributed by atoms with van der Waals surface area (Å²) in [4.78, 5) is 17.3. The molecule has 0 spiro atoms. The van der Waals surface area contributed by atoms with E-state index in [-0.39, 0.29) is 11.9 Å². The lowest BCUT2D eigenvalue weighted by atomic mass is 10.0. The first-order valence-corrected chi connectivity index (χ1v) is 9.47. The average Bonchev–Trinajstić information content (AvgIpc) is 3.45. The molecule has 25 heavy (non-hydrogen) atoms. The van der Waals surface area contributed by atoms with Crippen LogP contribution in [-0.4, -0.2) is 68.2 Å². The Morgan fingerprint density at radius 1 is 1.28 bits per heavy atom. The number of benzene rings is 1. The van der Waals surface area contributed by atoms with Crippen LogP contribution in [0.1, 0.15) is 31.4 Å². The molecule has 1 saturated heterocycles. The van der Waals surface area contributed by atoms with Crippen LogP contribution in [-0.2, 0) is 9.53 Å². The van der Waals surface area contributed by atoms with E-state index in [0.29, 0.717) is 18.5 Å². The van der Waals surface area contributed by atoms with Crippen LogP contribution < -0.4 is 5.32 Å². The highest BCUT2D eigenvalue weighted by Gasteiger charge is 2.34. The van der Waals surface area contributed by atoms with E-state index in [0.717, 1.165) is 32.8 Å². The van der Waals surface area contributed by atoms with Gasteiger partial charge in [0.25, 0.3) is 0 Å². The molecule has 1 saturated carbocycles. The summed E-state index contributed by atoms with van der Waals surface area (Å²) in [7, 11) is 1.74. The maximum atomic E-state index is 12.6. The highest BCUT2D eigenvalue weighted by Crippen LogP contribution is 2.40. The second-order valence-corrected chi connectivity index (χ2v) is 7.41. The molecule has 138 valence electrons. The predicted octanol–water partition coefficient (Wildman–Crippen LogP) is 1.91. The van der Waals surface area contributed by atoms with E-state index in [1.807, 2.05) is 6.07 Å². The minimum atomic E-state index is 0.151. The maximum Gasteiger partial charge on any atom is 0.234 e. The van der Waals surface area contributed by atoms with Crippen molar-refractivity contribution in [1.82, 2.24) is 15.1 Å². The van der Waals surface area contributed by atoms with Gasteiger partial charge >= 0.3 is 0 Å². The summed E-state index contributed by atoms with van der Waals surface area (Å²) in [5.74, 6) is 0.759. The van der Waals surface area contributed by atoms with Gasteiger partial charge in [0.1, 0.15) is 0 Å². The number of nitrogens with one attached hydrogen (secondary N) is 1. The highest BCUT2D eigenvalue weighted by atomic mass is 16.5. The molecule has 1 N–H and O–H groups in total. The molecule has 5 heteroatoms. The molecular formula is C20H31N3O2. The zero-order chi connectivity index (χ0) is 17.6. The Hall–Kier alpha value is -1.43. The molecule has 1 amide bonds. The Labute approximate surface area is 151 Å². The zero-order valence-corrected chi connectivity index (χ0v) is 15.5. The van der Waals surface area contributed by atoms with Crippen LogP contribution in [0.5, 0.6) is 0 Å². The van der Waals surface area contributed by atoms with Gasteiger partial charge in [-0.2, -0.15) is 0 Å². The average molecular weight is 345 g/mol. The summed E-state index contributed by atoms with van der Waals surface area (Å²) in [6.45, 7) is 7.36. The number of ether oxygens (including phenoxy) is 1. The minimum Gasteiger partial charge on any atom is -0.383 e. The van der Waals surface area contributed by atoms with Crippen molar-refractivity contribution in [2.75, 3.05) is 46.4 Å². The molecule has 1 aliphatic carbocycles. The number of carbonyl (C=O) groups is 1. The molecule has 0 radical (unpaired) electrons. The quantitative estimate of drug-likeness (QED) is 0.782. The largest absolute Gasteiger partial charge is 0.383 e. The molecule has 0 aromatic heterocycles. The summed E-state index contributed by atoms with van der Waals surface area (Å²) >= 11 is 0. The molecule has 5 nitrogen and oxygen atoms in total. The van der Waals surface area contributed by atoms with Crippen LogP contribution in [0.4, 0.5) is 0 Å². The fourth-order valence-corrected chi connectivity index (χ4v) is 3.74. The normalized spacial score (nSPS) is 23.4. The number of hydrogen-bond donors (Lipinski definition) is 1. The van der Waals surface area contributed by atoms with Gasteiger partial charge in [-0.1, -0.05) is 30.3 Å². The van der Waals surface area contributed by atoms with Crippen molar-refractivity contribution in [3.05, 3.63) is 35.9 Å². The zero-order valence-electron chi connectivity index (χ0n) is 15.5. The standard InChI is InChI=1S/C20H31N3O2/c1-16-14-22(10-11-23(16)12-13-25-2)15-19(24)21-20(18-8-9-18)17-6-4-3-5-7-17/h3-7,16,18,20H,8-15H2,1-2H3,(H,21,24)/t16-,20-/m0/s1. The Morgan fingerprint density at radius 3 is 2.68 bits per heavy atom. The third-order valence-corrected chi connectivity index (χ3v) is 5.37. The van der Waals surface area contributed by atoms with Crippen LogP contribution in [0, 0.1) is 5.92 Å². The first-order chi connectivity index (χ1) is 12.2. The summed E-state index contributed by atoms with van der Waals surface area (Å²) in [6.07, 6.45) is 2.43. The van der Waals surface area contributed by atoms with Crippen LogP contribution in [0.2, 0.25) is 0 Å². The second kappa shape index (κ2) is 8.79. The van der Waals surface area contributed by atoms with Crippen molar-refractivity contribution >= 4 is 5.91 Å². The van der Waals surface area contributed by atoms with Gasteiger partial charge in [-0.3, -0.25) is 14.6 Å². The van der Waals surface area contributed by atoms with Gasteiger partial charge < -0.3 is 10.1 Å². The Bertz CT molecular complexity index is 547. The first kappa shape index (κ1) is 18.4. The summed E-state index contributed by atoms with van der Waals surface area (Å²) in [5, 5.41) is 3.29. The molecular weight excluding hydrogens is 314 g/mol. The van der Waals surface area contributed by atoms with Crippen LogP contribution in [0.3, 0.4) is 0 Å². The molecule has 1 heterocycles. The molecule has 1 aliphatic heterocycles. The van der Waals surface area contributed by atoms with Crippen LogP contribution >= 0.6 is 0 Å². The molecule has 0 unspecified atom stereocenters. The van der Waals surface area contributed by atoms with E-state index < -0.39 is 0 Å². The van der Waals surface area contributed by atoms with Gasteiger partial charge in [-0.05, 0) is 31.2 Å². The molecule has 3 rings (SSSR count). The van der Waals surface area contributed by atoms with Crippen LogP contribution in [0.15, 0.2) is 30.3 Å². The second-order valence-electron chi connectivity index (χ2n) is 7.41. The molecule has 2 fully saturated rings. The van der Waals surface area contributed by atoms with Gasteiger partial charge in [0, 0.05) is 39.3 Å². The van der Waals surface area contributed by atoms with Gasteiger partial charge in [-0.25, -0.2) is 0 Å². The third kappa shape index (κ3) is 5.27.